The normalized spacial score (nSPS) is 17.4. The second-order valence-electron chi connectivity index (χ2n) is 4.31. The second-order valence-corrected chi connectivity index (χ2v) is 4.31. The van der Waals surface area contributed by atoms with Crippen LogP contribution >= 0.6 is 24.8 Å². The van der Waals surface area contributed by atoms with Crippen LogP contribution in [-0.4, -0.2) is 42.7 Å². The van der Waals surface area contributed by atoms with Crippen LogP contribution in [0.2, 0.25) is 0 Å². The summed E-state index contributed by atoms with van der Waals surface area (Å²) in [4.78, 5) is 2.41. The maximum Gasteiger partial charge on any atom is 0.0802 e. The van der Waals surface area contributed by atoms with E-state index in [1.807, 2.05) is 30.3 Å². The van der Waals surface area contributed by atoms with Gasteiger partial charge in [-0.2, -0.15) is 0 Å². The first-order chi connectivity index (χ1) is 7.86. The summed E-state index contributed by atoms with van der Waals surface area (Å²) < 4.78 is 0. The predicted molar refractivity (Wildman–Crippen MR) is 79.8 cm³/mol. The fourth-order valence-corrected chi connectivity index (χ4v) is 2.08. The maximum absolute atomic E-state index is 10.0. The molecule has 1 atom stereocenters. The van der Waals surface area contributed by atoms with E-state index in [0.29, 0.717) is 0 Å². The lowest BCUT2D eigenvalue weighted by Crippen LogP contribution is -2.44. The summed E-state index contributed by atoms with van der Waals surface area (Å²) in [5, 5.41) is 13.3. The Balaban J connectivity index is 0.00000144. The van der Waals surface area contributed by atoms with Gasteiger partial charge in [0.15, 0.2) is 0 Å². The Morgan fingerprint density at radius 1 is 1.11 bits per heavy atom. The molecule has 0 bridgehead atoms. The zero-order chi connectivity index (χ0) is 11.2. The Bertz CT molecular complexity index is 305. The van der Waals surface area contributed by atoms with Gasteiger partial charge < -0.3 is 15.3 Å². The quantitative estimate of drug-likeness (QED) is 0.889. The number of aliphatic hydroxyl groups excluding tert-OH is 1. The van der Waals surface area contributed by atoms with Crippen molar-refractivity contribution < 1.29 is 5.11 Å². The van der Waals surface area contributed by atoms with Gasteiger partial charge in [-0.1, -0.05) is 30.3 Å². The van der Waals surface area contributed by atoms with Gasteiger partial charge in [0.25, 0.3) is 0 Å². The molecule has 0 amide bonds. The lowest BCUT2D eigenvalue weighted by atomic mass is 10.1. The first kappa shape index (κ1) is 17.7. The highest BCUT2D eigenvalue weighted by Crippen LogP contribution is 2.16. The minimum Gasteiger partial charge on any atom is -0.388 e. The topological polar surface area (TPSA) is 35.5 Å². The molecule has 1 heterocycles. The summed E-state index contributed by atoms with van der Waals surface area (Å²) in [5.41, 5.74) is 1.03. The standard InChI is InChI=1S/C13H20N2O.2ClH/c16-13(12-4-2-1-3-5-12)6-9-15-10-7-14-8-11-15;;/h1-5,13-14,16H,6-11H2;2*1H. The predicted octanol–water partition coefficient (Wildman–Crippen LogP) is 1.86. The van der Waals surface area contributed by atoms with E-state index in [2.05, 4.69) is 10.2 Å². The first-order valence-corrected chi connectivity index (χ1v) is 6.02. The maximum atomic E-state index is 10.0. The Hall–Kier alpha value is -0.320. The zero-order valence-corrected chi connectivity index (χ0v) is 12.1. The van der Waals surface area contributed by atoms with Gasteiger partial charge in [-0.05, 0) is 12.0 Å². The molecule has 0 spiro atoms. The monoisotopic (exact) mass is 292 g/mol. The van der Waals surface area contributed by atoms with Crippen molar-refractivity contribution in [3.05, 3.63) is 35.9 Å². The van der Waals surface area contributed by atoms with E-state index in [0.717, 1.165) is 44.7 Å². The third-order valence-corrected chi connectivity index (χ3v) is 3.11. The molecule has 1 aliphatic rings. The van der Waals surface area contributed by atoms with Gasteiger partial charge >= 0.3 is 0 Å². The molecular formula is C13H22Cl2N2O. The van der Waals surface area contributed by atoms with Gasteiger partial charge in [0, 0.05) is 32.7 Å². The van der Waals surface area contributed by atoms with Crippen LogP contribution in [0.15, 0.2) is 30.3 Å². The molecule has 2 N–H and O–H groups in total. The number of rotatable bonds is 4. The number of aliphatic hydroxyl groups is 1. The number of halogens is 2. The van der Waals surface area contributed by atoms with Crippen molar-refractivity contribution >= 4 is 24.8 Å². The Morgan fingerprint density at radius 3 is 2.33 bits per heavy atom. The molecule has 3 nitrogen and oxygen atoms in total. The van der Waals surface area contributed by atoms with Crippen molar-refractivity contribution in [1.29, 1.82) is 0 Å². The molecule has 1 saturated heterocycles. The van der Waals surface area contributed by atoms with E-state index in [-0.39, 0.29) is 30.9 Å². The number of nitrogens with one attached hydrogen (secondary N) is 1. The highest BCUT2D eigenvalue weighted by Gasteiger charge is 2.12. The van der Waals surface area contributed by atoms with Gasteiger partial charge in [-0.25, -0.2) is 0 Å². The summed E-state index contributed by atoms with van der Waals surface area (Å²) in [6.45, 7) is 5.32. The van der Waals surface area contributed by atoms with Crippen molar-refractivity contribution in [3.8, 4) is 0 Å². The zero-order valence-electron chi connectivity index (χ0n) is 10.4. The molecule has 0 aromatic heterocycles. The highest BCUT2D eigenvalue weighted by atomic mass is 35.5. The molecule has 5 heteroatoms. The SMILES string of the molecule is Cl.Cl.OC(CCN1CCNCC1)c1ccccc1. The third kappa shape index (κ3) is 5.55. The van der Waals surface area contributed by atoms with Gasteiger partial charge in [0.05, 0.1) is 6.10 Å². The van der Waals surface area contributed by atoms with Crippen molar-refractivity contribution in [2.75, 3.05) is 32.7 Å². The van der Waals surface area contributed by atoms with E-state index in [4.69, 9.17) is 0 Å². The van der Waals surface area contributed by atoms with Crippen LogP contribution < -0.4 is 5.32 Å². The molecule has 0 aliphatic carbocycles. The fourth-order valence-electron chi connectivity index (χ4n) is 2.08. The minimum atomic E-state index is -0.323. The molecule has 1 aromatic rings. The molecule has 1 aliphatic heterocycles. The van der Waals surface area contributed by atoms with Crippen LogP contribution in [0.1, 0.15) is 18.1 Å². The molecular weight excluding hydrogens is 271 g/mol. The summed E-state index contributed by atoms with van der Waals surface area (Å²) >= 11 is 0. The van der Waals surface area contributed by atoms with Gasteiger partial charge in [0.1, 0.15) is 0 Å². The number of nitrogens with zero attached hydrogens (tertiary/aromatic N) is 1. The number of hydrogen-bond donors (Lipinski definition) is 2. The summed E-state index contributed by atoms with van der Waals surface area (Å²) in [7, 11) is 0. The minimum absolute atomic E-state index is 0. The van der Waals surface area contributed by atoms with E-state index in [1.165, 1.54) is 0 Å². The average molecular weight is 293 g/mol. The Labute approximate surface area is 121 Å². The molecule has 104 valence electrons. The average Bonchev–Trinajstić information content (AvgIpc) is 2.38. The van der Waals surface area contributed by atoms with Crippen LogP contribution in [0.3, 0.4) is 0 Å². The largest absolute Gasteiger partial charge is 0.388 e. The number of benzene rings is 1. The van der Waals surface area contributed by atoms with Crippen LogP contribution in [-0.2, 0) is 0 Å². The van der Waals surface area contributed by atoms with Gasteiger partial charge in [0.2, 0.25) is 0 Å². The van der Waals surface area contributed by atoms with Gasteiger partial charge in [-0.15, -0.1) is 24.8 Å². The highest BCUT2D eigenvalue weighted by molar-refractivity contribution is 5.85. The third-order valence-electron chi connectivity index (χ3n) is 3.11. The number of piperazine rings is 1. The van der Waals surface area contributed by atoms with E-state index >= 15 is 0 Å². The summed E-state index contributed by atoms with van der Waals surface area (Å²) in [6, 6.07) is 9.91. The fraction of sp³-hybridized carbons (Fsp3) is 0.538. The van der Waals surface area contributed by atoms with E-state index in [9.17, 15) is 5.11 Å². The molecule has 0 saturated carbocycles. The summed E-state index contributed by atoms with van der Waals surface area (Å²) in [6.07, 6.45) is 0.500. The van der Waals surface area contributed by atoms with Gasteiger partial charge in [-0.3, -0.25) is 0 Å². The molecule has 1 aromatic carbocycles. The molecule has 1 fully saturated rings. The lowest BCUT2D eigenvalue weighted by Gasteiger charge is -2.27. The molecule has 18 heavy (non-hydrogen) atoms. The summed E-state index contributed by atoms with van der Waals surface area (Å²) in [5.74, 6) is 0. The lowest BCUT2D eigenvalue weighted by molar-refractivity contribution is 0.136. The van der Waals surface area contributed by atoms with Crippen molar-refractivity contribution in [1.82, 2.24) is 10.2 Å². The first-order valence-electron chi connectivity index (χ1n) is 6.02. The Kier molecular flexibility index (Phi) is 9.42. The van der Waals surface area contributed by atoms with Crippen LogP contribution in [0, 0.1) is 0 Å². The Morgan fingerprint density at radius 2 is 1.72 bits per heavy atom. The van der Waals surface area contributed by atoms with Crippen LogP contribution in [0.5, 0.6) is 0 Å². The molecule has 0 radical (unpaired) electrons. The molecule has 1 unspecified atom stereocenters. The second kappa shape index (κ2) is 9.59. The van der Waals surface area contributed by atoms with Crippen molar-refractivity contribution in [2.45, 2.75) is 12.5 Å². The number of hydrogen-bond acceptors (Lipinski definition) is 3. The van der Waals surface area contributed by atoms with Crippen LogP contribution in [0.25, 0.3) is 0 Å². The smallest absolute Gasteiger partial charge is 0.0802 e. The van der Waals surface area contributed by atoms with Crippen LogP contribution in [0.4, 0.5) is 0 Å². The van der Waals surface area contributed by atoms with E-state index in [1.54, 1.807) is 0 Å². The van der Waals surface area contributed by atoms with Crippen molar-refractivity contribution in [2.24, 2.45) is 0 Å². The van der Waals surface area contributed by atoms with Crippen molar-refractivity contribution in [3.63, 3.8) is 0 Å². The van der Waals surface area contributed by atoms with E-state index < -0.39 is 0 Å². The molecule has 2 rings (SSSR count).